The topological polar surface area (TPSA) is 92.5 Å². The molecule has 1 saturated heterocycles. The summed E-state index contributed by atoms with van der Waals surface area (Å²) in [6, 6.07) is 2.78. The van der Waals surface area contributed by atoms with E-state index in [1.807, 2.05) is 0 Å². The highest BCUT2D eigenvalue weighted by Gasteiger charge is 2.29. The number of nitrogens with one attached hydrogen (secondary N) is 1. The molecule has 0 saturated carbocycles. The number of nitrogen functional groups attached to an aromatic ring is 1. The number of carbonyl (C=O) groups excluding carboxylic acids is 1. The van der Waals surface area contributed by atoms with Gasteiger partial charge >= 0.3 is 0 Å². The summed E-state index contributed by atoms with van der Waals surface area (Å²) in [4.78, 5) is 13.1. The Balaban J connectivity index is 2.25. The average molecular weight is 441 g/mol. The summed E-state index contributed by atoms with van der Waals surface area (Å²) >= 11 is 6.45. The summed E-state index contributed by atoms with van der Waals surface area (Å²) in [5.74, 6) is 0.0280. The van der Waals surface area contributed by atoms with E-state index < -0.39 is 10.0 Å². The van der Waals surface area contributed by atoms with Gasteiger partial charge in [-0.2, -0.15) is 0 Å². The molecule has 1 heterocycles. The molecule has 1 aliphatic heterocycles. The molecule has 1 aromatic carbocycles. The van der Waals surface area contributed by atoms with E-state index >= 15 is 0 Å². The van der Waals surface area contributed by atoms with Gasteiger partial charge in [0.15, 0.2) is 0 Å². The summed E-state index contributed by atoms with van der Waals surface area (Å²) in [6.45, 7) is 0.363. The van der Waals surface area contributed by atoms with Crippen molar-refractivity contribution in [3.8, 4) is 0 Å². The van der Waals surface area contributed by atoms with Crippen LogP contribution >= 0.6 is 31.9 Å². The Hall–Kier alpha value is -0.640. The lowest BCUT2D eigenvalue weighted by Gasteiger charge is -2.30. The first-order chi connectivity index (χ1) is 9.70. The second-order valence-electron chi connectivity index (χ2n) is 4.94. The van der Waals surface area contributed by atoms with Gasteiger partial charge in [0.1, 0.15) is 4.90 Å². The van der Waals surface area contributed by atoms with E-state index in [4.69, 9.17) is 5.73 Å². The summed E-state index contributed by atoms with van der Waals surface area (Å²) in [5, 5.41) is 0. The number of carbonyl (C=O) groups is 1. The van der Waals surface area contributed by atoms with Crippen molar-refractivity contribution in [2.45, 2.75) is 23.8 Å². The van der Waals surface area contributed by atoms with Crippen molar-refractivity contribution in [1.29, 1.82) is 0 Å². The van der Waals surface area contributed by atoms with Crippen LogP contribution in [-0.2, 0) is 14.8 Å². The summed E-state index contributed by atoms with van der Waals surface area (Å²) in [5.41, 5.74) is 6.12. The molecule has 3 N–H and O–H groups in total. The zero-order chi connectivity index (χ0) is 15.8. The number of halogens is 2. The molecule has 1 amide bonds. The first-order valence-corrected chi connectivity index (χ1v) is 9.28. The number of nitrogens with zero attached hydrogens (tertiary/aromatic N) is 1. The minimum Gasteiger partial charge on any atom is -0.399 e. The maximum Gasteiger partial charge on any atom is 0.243 e. The average Bonchev–Trinajstić information content (AvgIpc) is 2.31. The van der Waals surface area contributed by atoms with Gasteiger partial charge in [0.05, 0.1) is 0 Å². The molecule has 1 aliphatic rings. The molecule has 116 valence electrons. The number of anilines is 1. The zero-order valence-corrected chi connectivity index (χ0v) is 15.3. The van der Waals surface area contributed by atoms with E-state index in [2.05, 4.69) is 36.6 Å². The SMILES string of the molecule is CN1CC(NS(=O)(=O)c2c(Br)cc(N)cc2Br)CCC1=O. The number of rotatable bonds is 3. The van der Waals surface area contributed by atoms with Gasteiger partial charge in [0.2, 0.25) is 15.9 Å². The lowest BCUT2D eigenvalue weighted by molar-refractivity contribution is -0.132. The summed E-state index contributed by atoms with van der Waals surface area (Å²) in [6.07, 6.45) is 0.834. The molecule has 1 aromatic rings. The fourth-order valence-electron chi connectivity index (χ4n) is 2.22. The highest BCUT2D eigenvalue weighted by atomic mass is 79.9. The monoisotopic (exact) mass is 439 g/mol. The van der Waals surface area contributed by atoms with Gasteiger partial charge in [-0.3, -0.25) is 4.79 Å². The Labute approximate surface area is 140 Å². The predicted octanol–water partition coefficient (Wildman–Crippen LogP) is 1.69. The Morgan fingerprint density at radius 3 is 2.43 bits per heavy atom. The third-order valence-electron chi connectivity index (χ3n) is 3.24. The maximum absolute atomic E-state index is 12.5. The van der Waals surface area contributed by atoms with Gasteiger partial charge in [-0.05, 0) is 50.4 Å². The Morgan fingerprint density at radius 2 is 1.90 bits per heavy atom. The van der Waals surface area contributed by atoms with Crippen LogP contribution in [0.25, 0.3) is 0 Å². The second kappa shape index (κ2) is 6.23. The van der Waals surface area contributed by atoms with Crippen molar-refractivity contribution < 1.29 is 13.2 Å². The van der Waals surface area contributed by atoms with Gasteiger partial charge < -0.3 is 10.6 Å². The largest absolute Gasteiger partial charge is 0.399 e. The number of likely N-dealkylation sites (tertiary alicyclic amines) is 1. The first kappa shape index (κ1) is 16.7. The molecular weight excluding hydrogens is 426 g/mol. The van der Waals surface area contributed by atoms with Crippen LogP contribution in [-0.4, -0.2) is 38.9 Å². The fraction of sp³-hybridized carbons (Fsp3) is 0.417. The van der Waals surface area contributed by atoms with Crippen molar-refractivity contribution in [3.63, 3.8) is 0 Å². The minimum absolute atomic E-state index is 0.0280. The van der Waals surface area contributed by atoms with Crippen molar-refractivity contribution >= 4 is 53.5 Å². The zero-order valence-electron chi connectivity index (χ0n) is 11.3. The molecule has 0 bridgehead atoms. The van der Waals surface area contributed by atoms with E-state index in [0.29, 0.717) is 34.0 Å². The van der Waals surface area contributed by atoms with Crippen LogP contribution in [0.2, 0.25) is 0 Å². The molecule has 0 aromatic heterocycles. The molecular formula is C12H15Br2N3O3S. The normalized spacial score (nSPS) is 19.9. The van der Waals surface area contributed by atoms with Crippen LogP contribution in [0.15, 0.2) is 26.0 Å². The lowest BCUT2D eigenvalue weighted by atomic mass is 10.1. The number of hydrogen-bond donors (Lipinski definition) is 2. The van der Waals surface area contributed by atoms with Crippen LogP contribution in [0.3, 0.4) is 0 Å². The van der Waals surface area contributed by atoms with Gasteiger partial charge in [-0.25, -0.2) is 13.1 Å². The van der Waals surface area contributed by atoms with E-state index in [1.54, 1.807) is 7.05 Å². The lowest BCUT2D eigenvalue weighted by Crippen LogP contribution is -2.48. The fourth-order valence-corrected chi connectivity index (χ4v) is 6.10. The molecule has 0 radical (unpaired) electrons. The highest BCUT2D eigenvalue weighted by Crippen LogP contribution is 2.32. The van der Waals surface area contributed by atoms with Gasteiger partial charge in [-0.1, -0.05) is 0 Å². The number of amides is 1. The first-order valence-electron chi connectivity index (χ1n) is 6.21. The maximum atomic E-state index is 12.5. The van der Waals surface area contributed by atoms with Crippen LogP contribution in [0.5, 0.6) is 0 Å². The van der Waals surface area contributed by atoms with Gasteiger partial charge in [0.25, 0.3) is 0 Å². The quantitative estimate of drug-likeness (QED) is 0.699. The van der Waals surface area contributed by atoms with Crippen LogP contribution in [0, 0.1) is 0 Å². The van der Waals surface area contributed by atoms with Crippen LogP contribution in [0.4, 0.5) is 5.69 Å². The number of nitrogens with two attached hydrogens (primary N) is 1. The minimum atomic E-state index is -3.72. The molecule has 1 unspecified atom stereocenters. The number of benzene rings is 1. The number of likely N-dealkylation sites (N-methyl/N-ethyl adjacent to an activating group) is 1. The van der Waals surface area contributed by atoms with Crippen LogP contribution < -0.4 is 10.5 Å². The third kappa shape index (κ3) is 3.77. The summed E-state index contributed by atoms with van der Waals surface area (Å²) < 4.78 is 28.5. The number of hydrogen-bond acceptors (Lipinski definition) is 4. The Morgan fingerprint density at radius 1 is 1.33 bits per heavy atom. The van der Waals surface area contributed by atoms with Crippen molar-refractivity contribution in [1.82, 2.24) is 9.62 Å². The van der Waals surface area contributed by atoms with E-state index in [9.17, 15) is 13.2 Å². The highest BCUT2D eigenvalue weighted by molar-refractivity contribution is 9.11. The third-order valence-corrected chi connectivity index (χ3v) is 6.63. The second-order valence-corrected chi connectivity index (χ2v) is 8.30. The van der Waals surface area contributed by atoms with Crippen molar-refractivity contribution in [3.05, 3.63) is 21.1 Å². The molecule has 21 heavy (non-hydrogen) atoms. The van der Waals surface area contributed by atoms with Gasteiger partial charge in [0, 0.05) is 40.7 Å². The molecule has 1 fully saturated rings. The van der Waals surface area contributed by atoms with E-state index in [-0.39, 0.29) is 16.8 Å². The number of sulfonamides is 1. The standard InChI is InChI=1S/C12H15Br2N3O3S/c1-17-6-8(2-3-11(17)18)16-21(19,20)12-9(13)4-7(15)5-10(12)14/h4-5,8,16H,2-3,6,15H2,1H3. The molecule has 2 rings (SSSR count). The molecule has 1 atom stereocenters. The van der Waals surface area contributed by atoms with Crippen molar-refractivity contribution in [2.75, 3.05) is 19.3 Å². The van der Waals surface area contributed by atoms with Gasteiger partial charge in [-0.15, -0.1) is 0 Å². The van der Waals surface area contributed by atoms with E-state index in [0.717, 1.165) is 0 Å². The predicted molar refractivity (Wildman–Crippen MR) is 87.2 cm³/mol. The van der Waals surface area contributed by atoms with Crippen LogP contribution in [0.1, 0.15) is 12.8 Å². The molecule has 0 spiro atoms. The molecule has 0 aliphatic carbocycles. The Kier molecular flexibility index (Phi) is 4.96. The number of piperidine rings is 1. The Bertz CT molecular complexity index is 655. The smallest absolute Gasteiger partial charge is 0.243 e. The molecule has 6 nitrogen and oxygen atoms in total. The van der Waals surface area contributed by atoms with E-state index in [1.165, 1.54) is 17.0 Å². The summed E-state index contributed by atoms with van der Waals surface area (Å²) in [7, 11) is -2.05. The van der Waals surface area contributed by atoms with Crippen molar-refractivity contribution in [2.24, 2.45) is 0 Å². The molecule has 9 heteroatoms.